The minimum Gasteiger partial charge on any atom is -0.395 e. The van der Waals surface area contributed by atoms with Crippen LogP contribution in [0.4, 0.5) is 0 Å². The number of nitrogens with one attached hydrogen (secondary N) is 1. The van der Waals surface area contributed by atoms with Crippen LogP contribution in [-0.2, 0) is 4.79 Å². The molecular formula is C16H26N2O2. The standard InChI is InChI=1S/C16H26N2O2/c1-12(2)18(9-10-19)11-16(20)17-14(4)15-8-6-5-7-13(15)3/h5-8,12,14,19H,9-11H2,1-4H3,(H,17,20). The van der Waals surface area contributed by atoms with Crippen LogP contribution in [0.1, 0.15) is 37.9 Å². The highest BCUT2D eigenvalue weighted by molar-refractivity contribution is 5.78. The molecule has 1 unspecified atom stereocenters. The quantitative estimate of drug-likeness (QED) is 0.800. The van der Waals surface area contributed by atoms with Gasteiger partial charge in [0.2, 0.25) is 5.91 Å². The van der Waals surface area contributed by atoms with Crippen molar-refractivity contribution in [1.29, 1.82) is 0 Å². The van der Waals surface area contributed by atoms with Gasteiger partial charge in [0, 0.05) is 12.6 Å². The highest BCUT2D eigenvalue weighted by Gasteiger charge is 2.16. The van der Waals surface area contributed by atoms with Crippen LogP contribution in [0.5, 0.6) is 0 Å². The van der Waals surface area contributed by atoms with Crippen molar-refractivity contribution < 1.29 is 9.90 Å². The summed E-state index contributed by atoms with van der Waals surface area (Å²) >= 11 is 0. The van der Waals surface area contributed by atoms with E-state index in [1.807, 2.05) is 56.9 Å². The summed E-state index contributed by atoms with van der Waals surface area (Å²) in [6.45, 7) is 8.98. The Morgan fingerprint density at radius 3 is 2.50 bits per heavy atom. The van der Waals surface area contributed by atoms with Crippen molar-refractivity contribution in [2.45, 2.75) is 39.8 Å². The minimum atomic E-state index is -0.0112. The molecular weight excluding hydrogens is 252 g/mol. The molecule has 1 atom stereocenters. The molecule has 0 saturated carbocycles. The van der Waals surface area contributed by atoms with Crippen LogP contribution in [-0.4, -0.2) is 41.7 Å². The van der Waals surface area contributed by atoms with Gasteiger partial charge in [0.1, 0.15) is 0 Å². The molecule has 0 fully saturated rings. The number of amides is 1. The number of aliphatic hydroxyl groups excluding tert-OH is 1. The molecule has 1 rings (SSSR count). The van der Waals surface area contributed by atoms with Gasteiger partial charge in [-0.05, 0) is 38.8 Å². The Morgan fingerprint density at radius 1 is 1.30 bits per heavy atom. The molecule has 0 aromatic heterocycles. The molecule has 0 bridgehead atoms. The third-order valence-electron chi connectivity index (χ3n) is 3.50. The van der Waals surface area contributed by atoms with E-state index in [4.69, 9.17) is 5.11 Å². The van der Waals surface area contributed by atoms with Crippen molar-refractivity contribution in [2.24, 2.45) is 0 Å². The Kier molecular flexibility index (Phi) is 6.68. The average molecular weight is 278 g/mol. The van der Waals surface area contributed by atoms with Crippen molar-refractivity contribution in [1.82, 2.24) is 10.2 Å². The van der Waals surface area contributed by atoms with Gasteiger partial charge in [-0.25, -0.2) is 0 Å². The minimum absolute atomic E-state index is 0.00756. The van der Waals surface area contributed by atoms with Gasteiger partial charge in [-0.15, -0.1) is 0 Å². The topological polar surface area (TPSA) is 52.6 Å². The van der Waals surface area contributed by atoms with E-state index >= 15 is 0 Å². The molecule has 0 aliphatic heterocycles. The van der Waals surface area contributed by atoms with Gasteiger partial charge in [-0.3, -0.25) is 9.69 Å². The van der Waals surface area contributed by atoms with E-state index in [2.05, 4.69) is 5.32 Å². The molecule has 0 aliphatic rings. The fraction of sp³-hybridized carbons (Fsp3) is 0.562. The van der Waals surface area contributed by atoms with Crippen molar-refractivity contribution in [3.63, 3.8) is 0 Å². The highest BCUT2D eigenvalue weighted by Crippen LogP contribution is 2.16. The predicted molar refractivity (Wildman–Crippen MR) is 81.5 cm³/mol. The predicted octanol–water partition coefficient (Wildman–Crippen LogP) is 1.87. The SMILES string of the molecule is Cc1ccccc1C(C)NC(=O)CN(CCO)C(C)C. The molecule has 1 aromatic rings. The number of hydrogen-bond donors (Lipinski definition) is 2. The first-order valence-electron chi connectivity index (χ1n) is 7.15. The Hall–Kier alpha value is -1.39. The molecule has 0 heterocycles. The van der Waals surface area contributed by atoms with Crippen LogP contribution in [0, 0.1) is 6.92 Å². The fourth-order valence-corrected chi connectivity index (χ4v) is 2.27. The number of carbonyl (C=O) groups is 1. The molecule has 4 nitrogen and oxygen atoms in total. The summed E-state index contributed by atoms with van der Waals surface area (Å²) < 4.78 is 0. The zero-order chi connectivity index (χ0) is 15.1. The number of aliphatic hydroxyl groups is 1. The summed E-state index contributed by atoms with van der Waals surface area (Å²) in [4.78, 5) is 14.1. The van der Waals surface area contributed by atoms with Gasteiger partial charge in [0.05, 0.1) is 19.2 Å². The average Bonchev–Trinajstić information content (AvgIpc) is 2.38. The van der Waals surface area contributed by atoms with Crippen LogP contribution in [0.3, 0.4) is 0 Å². The third kappa shape index (κ3) is 4.94. The number of aryl methyl sites for hydroxylation is 1. The number of benzene rings is 1. The van der Waals surface area contributed by atoms with Crippen molar-refractivity contribution in [2.75, 3.05) is 19.7 Å². The van der Waals surface area contributed by atoms with Gasteiger partial charge in [-0.1, -0.05) is 24.3 Å². The largest absolute Gasteiger partial charge is 0.395 e. The molecule has 1 amide bonds. The Bertz CT molecular complexity index is 432. The van der Waals surface area contributed by atoms with Crippen LogP contribution in [0.15, 0.2) is 24.3 Å². The Balaban J connectivity index is 2.59. The molecule has 0 aliphatic carbocycles. The van der Waals surface area contributed by atoms with Gasteiger partial charge < -0.3 is 10.4 Å². The third-order valence-corrected chi connectivity index (χ3v) is 3.50. The molecule has 20 heavy (non-hydrogen) atoms. The summed E-state index contributed by atoms with van der Waals surface area (Å²) in [6, 6.07) is 8.29. The maximum absolute atomic E-state index is 12.1. The lowest BCUT2D eigenvalue weighted by molar-refractivity contribution is -0.123. The first-order chi connectivity index (χ1) is 9.45. The number of hydrogen-bond acceptors (Lipinski definition) is 3. The van der Waals surface area contributed by atoms with Crippen LogP contribution in [0.25, 0.3) is 0 Å². The number of nitrogens with zero attached hydrogens (tertiary/aromatic N) is 1. The lowest BCUT2D eigenvalue weighted by Crippen LogP contribution is -2.42. The summed E-state index contributed by atoms with van der Waals surface area (Å²) in [5.41, 5.74) is 2.32. The molecule has 0 spiro atoms. The number of rotatable bonds is 7. The number of carbonyl (C=O) groups excluding carboxylic acids is 1. The van der Waals surface area contributed by atoms with Gasteiger partial charge in [0.25, 0.3) is 0 Å². The summed E-state index contributed by atoms with van der Waals surface area (Å²) in [5, 5.41) is 12.0. The molecule has 112 valence electrons. The second-order valence-electron chi connectivity index (χ2n) is 5.43. The van der Waals surface area contributed by atoms with E-state index in [1.165, 1.54) is 5.56 Å². The van der Waals surface area contributed by atoms with Crippen molar-refractivity contribution in [3.8, 4) is 0 Å². The maximum Gasteiger partial charge on any atom is 0.234 e. The van der Waals surface area contributed by atoms with Crippen molar-refractivity contribution in [3.05, 3.63) is 35.4 Å². The Morgan fingerprint density at radius 2 is 1.95 bits per heavy atom. The Labute approximate surface area is 121 Å². The normalized spacial score (nSPS) is 12.8. The lowest BCUT2D eigenvalue weighted by Gasteiger charge is -2.26. The van der Waals surface area contributed by atoms with E-state index in [-0.39, 0.29) is 24.6 Å². The molecule has 0 radical (unpaired) electrons. The molecule has 0 saturated heterocycles. The van der Waals surface area contributed by atoms with Gasteiger partial charge >= 0.3 is 0 Å². The second-order valence-corrected chi connectivity index (χ2v) is 5.43. The summed E-state index contributed by atoms with van der Waals surface area (Å²) in [7, 11) is 0. The maximum atomic E-state index is 12.1. The fourth-order valence-electron chi connectivity index (χ4n) is 2.27. The summed E-state index contributed by atoms with van der Waals surface area (Å²) in [6.07, 6.45) is 0. The monoisotopic (exact) mass is 278 g/mol. The van der Waals surface area contributed by atoms with E-state index in [1.54, 1.807) is 0 Å². The zero-order valence-corrected chi connectivity index (χ0v) is 12.9. The van der Waals surface area contributed by atoms with Gasteiger partial charge in [-0.2, -0.15) is 0 Å². The molecule has 2 N–H and O–H groups in total. The van der Waals surface area contributed by atoms with Crippen LogP contribution in [0.2, 0.25) is 0 Å². The van der Waals surface area contributed by atoms with E-state index < -0.39 is 0 Å². The first kappa shape index (κ1) is 16.7. The zero-order valence-electron chi connectivity index (χ0n) is 12.9. The summed E-state index contributed by atoms with van der Waals surface area (Å²) in [5.74, 6) is -0.0112. The smallest absolute Gasteiger partial charge is 0.234 e. The van der Waals surface area contributed by atoms with E-state index in [0.717, 1.165) is 5.56 Å². The van der Waals surface area contributed by atoms with Crippen LogP contribution < -0.4 is 5.32 Å². The van der Waals surface area contributed by atoms with E-state index in [9.17, 15) is 4.79 Å². The second kappa shape index (κ2) is 8.02. The van der Waals surface area contributed by atoms with Crippen molar-refractivity contribution >= 4 is 5.91 Å². The first-order valence-corrected chi connectivity index (χ1v) is 7.15. The van der Waals surface area contributed by atoms with Crippen LogP contribution >= 0.6 is 0 Å². The highest BCUT2D eigenvalue weighted by atomic mass is 16.3. The van der Waals surface area contributed by atoms with Gasteiger partial charge in [0.15, 0.2) is 0 Å². The molecule has 1 aromatic carbocycles. The molecule has 4 heteroatoms. The van der Waals surface area contributed by atoms with E-state index in [0.29, 0.717) is 13.1 Å². The lowest BCUT2D eigenvalue weighted by atomic mass is 10.0.